The molecule has 7 heteroatoms. The van der Waals surface area contributed by atoms with E-state index in [0.717, 1.165) is 22.7 Å². The van der Waals surface area contributed by atoms with Crippen LogP contribution in [0.5, 0.6) is 5.75 Å². The van der Waals surface area contributed by atoms with E-state index in [9.17, 15) is 10.4 Å². The number of methoxy groups -OCH3 is 1. The van der Waals surface area contributed by atoms with Crippen LogP contribution in [0.2, 0.25) is 25.7 Å². The zero-order chi connectivity index (χ0) is 22.8. The summed E-state index contributed by atoms with van der Waals surface area (Å²) < 4.78 is 13.4. The van der Waals surface area contributed by atoms with E-state index < -0.39 is 14.2 Å². The molecule has 0 radical (unpaired) electrons. The second-order valence-electron chi connectivity index (χ2n) is 9.16. The van der Waals surface area contributed by atoms with E-state index in [2.05, 4.69) is 25.7 Å². The van der Waals surface area contributed by atoms with Gasteiger partial charge >= 0.3 is 0 Å². The lowest BCUT2D eigenvalue weighted by atomic mass is 9.99. The van der Waals surface area contributed by atoms with Crippen molar-refractivity contribution in [3.63, 3.8) is 0 Å². The van der Waals surface area contributed by atoms with Gasteiger partial charge in [0, 0.05) is 20.2 Å². The first-order valence-electron chi connectivity index (χ1n) is 10.5. The summed E-state index contributed by atoms with van der Waals surface area (Å²) in [4.78, 5) is 4.71. The molecule has 1 N–H and O–H groups in total. The van der Waals surface area contributed by atoms with Gasteiger partial charge in [0.05, 0.1) is 29.8 Å². The molecule has 6 nitrogen and oxygen atoms in total. The first-order valence-corrected chi connectivity index (χ1v) is 14.2. The van der Waals surface area contributed by atoms with Gasteiger partial charge in [-0.3, -0.25) is 0 Å². The molecule has 1 atom stereocenters. The molecule has 1 heterocycles. The van der Waals surface area contributed by atoms with Crippen molar-refractivity contribution in [3.8, 4) is 11.8 Å². The number of imidazole rings is 1. The minimum absolute atomic E-state index is 0.259. The van der Waals surface area contributed by atoms with Crippen LogP contribution < -0.4 is 4.74 Å². The van der Waals surface area contributed by atoms with E-state index in [1.165, 1.54) is 0 Å². The number of aliphatic hydroxyl groups is 1. The lowest BCUT2D eigenvalue weighted by molar-refractivity contribution is 0.0812. The minimum atomic E-state index is -1.22. The van der Waals surface area contributed by atoms with Crippen molar-refractivity contribution in [2.75, 3.05) is 13.7 Å². The second-order valence-corrected chi connectivity index (χ2v) is 14.8. The average Bonchev–Trinajstić information content (AvgIpc) is 3.07. The summed E-state index contributed by atoms with van der Waals surface area (Å²) in [6.45, 7) is 11.8. The Morgan fingerprint density at radius 3 is 2.58 bits per heavy atom. The summed E-state index contributed by atoms with van der Waals surface area (Å²) in [6.07, 6.45) is -0.992. The van der Waals surface area contributed by atoms with E-state index in [4.69, 9.17) is 14.5 Å². The largest absolute Gasteiger partial charge is 0.496 e. The summed E-state index contributed by atoms with van der Waals surface area (Å²) in [5, 5.41) is 20.7. The molecule has 0 saturated heterocycles. The van der Waals surface area contributed by atoms with Crippen LogP contribution in [0.25, 0.3) is 11.0 Å². The first kappa shape index (κ1) is 23.0. The average molecular weight is 438 g/mol. The number of rotatable bonds is 8. The Kier molecular flexibility index (Phi) is 6.85. The predicted molar refractivity (Wildman–Crippen MR) is 125 cm³/mol. The molecular formula is C24H31N3O3Si. The molecule has 1 aromatic heterocycles. The zero-order valence-electron chi connectivity index (χ0n) is 19.2. The Hall–Kier alpha value is -2.66. The van der Waals surface area contributed by atoms with Gasteiger partial charge in [-0.2, -0.15) is 5.26 Å². The van der Waals surface area contributed by atoms with Gasteiger partial charge in [0.1, 0.15) is 24.4 Å². The quantitative estimate of drug-likeness (QED) is 0.399. The van der Waals surface area contributed by atoms with Crippen LogP contribution >= 0.6 is 0 Å². The molecule has 0 aliphatic rings. The Bertz CT molecular complexity index is 1130. The molecule has 0 spiro atoms. The van der Waals surface area contributed by atoms with Gasteiger partial charge < -0.3 is 19.1 Å². The molecule has 0 saturated carbocycles. The third-order valence-electron chi connectivity index (χ3n) is 5.35. The van der Waals surface area contributed by atoms with Crippen LogP contribution in [0.4, 0.5) is 0 Å². The molecule has 0 aliphatic heterocycles. The maximum Gasteiger partial charge on any atom is 0.145 e. The third-order valence-corrected chi connectivity index (χ3v) is 7.06. The van der Waals surface area contributed by atoms with Crippen LogP contribution in [0.1, 0.15) is 34.2 Å². The molecule has 0 aliphatic carbocycles. The van der Waals surface area contributed by atoms with E-state index in [1.54, 1.807) is 19.2 Å². The smallest absolute Gasteiger partial charge is 0.145 e. The highest BCUT2D eigenvalue weighted by Crippen LogP contribution is 2.35. The molecule has 0 amide bonds. The second kappa shape index (κ2) is 9.23. The Morgan fingerprint density at radius 1 is 1.19 bits per heavy atom. The fourth-order valence-corrected chi connectivity index (χ4v) is 4.43. The van der Waals surface area contributed by atoms with E-state index >= 15 is 0 Å². The number of fused-ring (bicyclic) bond motifs is 1. The molecule has 0 fully saturated rings. The van der Waals surface area contributed by atoms with Gasteiger partial charge in [0.15, 0.2) is 0 Å². The number of hydrogen-bond donors (Lipinski definition) is 1. The third kappa shape index (κ3) is 5.16. The van der Waals surface area contributed by atoms with Crippen LogP contribution in [-0.4, -0.2) is 36.4 Å². The minimum Gasteiger partial charge on any atom is -0.496 e. The van der Waals surface area contributed by atoms with Crippen molar-refractivity contribution in [1.29, 1.82) is 5.26 Å². The highest BCUT2D eigenvalue weighted by molar-refractivity contribution is 6.76. The zero-order valence-corrected chi connectivity index (χ0v) is 20.2. The van der Waals surface area contributed by atoms with Gasteiger partial charge in [0.2, 0.25) is 0 Å². The number of hydrogen-bond acceptors (Lipinski definition) is 5. The number of benzene rings is 2. The van der Waals surface area contributed by atoms with Crippen molar-refractivity contribution in [1.82, 2.24) is 9.55 Å². The van der Waals surface area contributed by atoms with Gasteiger partial charge in [-0.15, -0.1) is 0 Å². The molecular weight excluding hydrogens is 406 g/mol. The lowest BCUT2D eigenvalue weighted by Gasteiger charge is -2.20. The highest BCUT2D eigenvalue weighted by atomic mass is 28.3. The number of aliphatic hydroxyl groups excluding tert-OH is 1. The van der Waals surface area contributed by atoms with Crippen LogP contribution in [0.3, 0.4) is 0 Å². The van der Waals surface area contributed by atoms with Crippen molar-refractivity contribution in [3.05, 3.63) is 58.4 Å². The summed E-state index contributed by atoms with van der Waals surface area (Å²) in [5.41, 5.74) is 4.70. The van der Waals surface area contributed by atoms with Crippen molar-refractivity contribution < 1.29 is 14.6 Å². The van der Waals surface area contributed by atoms with E-state index in [1.807, 2.05) is 36.6 Å². The first-order chi connectivity index (χ1) is 14.6. The Morgan fingerprint density at radius 2 is 1.94 bits per heavy atom. The fraction of sp³-hybridized carbons (Fsp3) is 0.417. The summed E-state index contributed by atoms with van der Waals surface area (Å²) in [5.74, 6) is 1.10. The fourth-order valence-electron chi connectivity index (χ4n) is 3.68. The molecule has 164 valence electrons. The maximum absolute atomic E-state index is 11.4. The number of ether oxygens (including phenoxy) is 2. The monoisotopic (exact) mass is 437 g/mol. The maximum atomic E-state index is 11.4. The van der Waals surface area contributed by atoms with Crippen LogP contribution in [0, 0.1) is 25.2 Å². The normalized spacial score (nSPS) is 12.7. The Labute approximate surface area is 185 Å². The molecule has 1 unspecified atom stereocenters. The van der Waals surface area contributed by atoms with Gasteiger partial charge in [0.25, 0.3) is 0 Å². The number of nitriles is 1. The summed E-state index contributed by atoms with van der Waals surface area (Å²) in [6, 6.07) is 12.5. The number of aryl methyl sites for hydroxylation is 2. The van der Waals surface area contributed by atoms with Gasteiger partial charge in [-0.1, -0.05) is 25.7 Å². The van der Waals surface area contributed by atoms with Crippen LogP contribution in [0.15, 0.2) is 30.3 Å². The van der Waals surface area contributed by atoms with E-state index in [0.29, 0.717) is 34.8 Å². The SMILES string of the molecule is COc1cc(C)cc(C)c1C(O)c1nc2ccc(C#N)cc2n1COCC[Si](C)(C)C. The highest BCUT2D eigenvalue weighted by Gasteiger charge is 2.25. The standard InChI is InChI=1S/C24H31N3O3Si/c1-16-11-17(2)22(21(12-16)29-3)23(28)24-26-19-8-7-18(14-25)13-20(19)27(24)15-30-9-10-31(4,5)6/h7-8,11-13,23,28H,9-10,15H2,1-6H3. The lowest BCUT2D eigenvalue weighted by Crippen LogP contribution is -2.22. The predicted octanol–water partition coefficient (Wildman–Crippen LogP) is 4.93. The van der Waals surface area contributed by atoms with Gasteiger partial charge in [-0.05, 0) is 55.3 Å². The molecule has 3 aromatic rings. The summed E-state index contributed by atoms with van der Waals surface area (Å²) >= 11 is 0. The van der Waals surface area contributed by atoms with E-state index in [-0.39, 0.29) is 6.73 Å². The molecule has 31 heavy (non-hydrogen) atoms. The summed E-state index contributed by atoms with van der Waals surface area (Å²) in [7, 11) is 0.383. The van der Waals surface area contributed by atoms with Crippen molar-refractivity contribution >= 4 is 19.1 Å². The van der Waals surface area contributed by atoms with Gasteiger partial charge in [-0.25, -0.2) is 4.98 Å². The van der Waals surface area contributed by atoms with Crippen LogP contribution in [-0.2, 0) is 11.5 Å². The molecule has 2 aromatic carbocycles. The number of aromatic nitrogens is 2. The van der Waals surface area contributed by atoms with Crippen molar-refractivity contribution in [2.24, 2.45) is 0 Å². The topological polar surface area (TPSA) is 80.3 Å². The Balaban J connectivity index is 2.06. The molecule has 0 bridgehead atoms. The number of nitrogens with zero attached hydrogens (tertiary/aromatic N) is 3. The van der Waals surface area contributed by atoms with Crippen molar-refractivity contribution in [2.45, 2.75) is 52.4 Å². The molecule has 3 rings (SSSR count).